The lowest BCUT2D eigenvalue weighted by atomic mass is 10.1. The van der Waals surface area contributed by atoms with E-state index in [0.717, 1.165) is 11.1 Å². The number of halogens is 1. The molecule has 0 heterocycles. The number of alkyl carbamates (subject to hydrolysis) is 2. The number of carbonyl (C=O) groups is 6. The summed E-state index contributed by atoms with van der Waals surface area (Å²) < 4.78 is 31.2. The number of carbonyl (C=O) groups excluding carboxylic acids is 6. The number of alkyl halides is 1. The van der Waals surface area contributed by atoms with Crippen molar-refractivity contribution in [2.24, 2.45) is 0 Å². The van der Waals surface area contributed by atoms with Crippen LogP contribution in [0.2, 0.25) is 0 Å². The van der Waals surface area contributed by atoms with Crippen molar-refractivity contribution in [3.8, 4) is 6.57 Å². The summed E-state index contributed by atoms with van der Waals surface area (Å²) >= 11 is 2.99. The van der Waals surface area contributed by atoms with Gasteiger partial charge in [0.2, 0.25) is 0 Å². The highest BCUT2D eigenvalue weighted by Crippen LogP contribution is 2.15. The van der Waals surface area contributed by atoms with Gasteiger partial charge in [-0.1, -0.05) is 81.4 Å². The second-order valence-electron chi connectivity index (χ2n) is 18.9. The summed E-state index contributed by atoms with van der Waals surface area (Å²) in [7, 11) is 0. The van der Waals surface area contributed by atoms with Gasteiger partial charge in [-0.25, -0.2) is 14.4 Å². The molecule has 0 aliphatic rings. The van der Waals surface area contributed by atoms with Crippen LogP contribution < -0.4 is 16.0 Å². The van der Waals surface area contributed by atoms with E-state index in [-0.39, 0.29) is 36.7 Å². The third-order valence-corrected chi connectivity index (χ3v) is 8.24. The van der Waals surface area contributed by atoms with Crippen molar-refractivity contribution in [3.63, 3.8) is 0 Å². The maximum atomic E-state index is 12.5. The van der Waals surface area contributed by atoms with Crippen molar-refractivity contribution >= 4 is 52.0 Å². The lowest BCUT2D eigenvalue weighted by Gasteiger charge is -2.25. The lowest BCUT2D eigenvalue weighted by Crippen LogP contribution is -2.44. The average molecular weight is 993 g/mol. The van der Waals surface area contributed by atoms with Crippen molar-refractivity contribution in [2.75, 3.05) is 25.0 Å². The molecule has 0 fully saturated rings. The highest BCUT2D eigenvalue weighted by Gasteiger charge is 2.32. The first-order valence-corrected chi connectivity index (χ1v) is 23.2. The molecule has 2 aromatic carbocycles. The predicted molar refractivity (Wildman–Crippen MR) is 258 cm³/mol. The molecule has 66 heavy (non-hydrogen) atoms. The van der Waals surface area contributed by atoms with Crippen LogP contribution in [-0.2, 0) is 60.8 Å². The first kappa shape index (κ1) is 60.8. The van der Waals surface area contributed by atoms with Gasteiger partial charge in [0.15, 0.2) is 0 Å². The molecule has 0 saturated heterocycles. The van der Waals surface area contributed by atoms with Crippen molar-refractivity contribution < 1.29 is 57.2 Å². The fraction of sp³-hybridized carbons (Fsp3) is 0.612. The third kappa shape index (κ3) is 36.1. The fourth-order valence-corrected chi connectivity index (χ4v) is 5.23. The number of unbranched alkanes of at least 4 members (excludes halogenated alkanes) is 2. The Kier molecular flexibility index (Phi) is 29.2. The maximum absolute atomic E-state index is 12.5. The van der Waals surface area contributed by atoms with E-state index in [2.05, 4.69) is 36.7 Å². The SMILES string of the molecule is C#[N+][C@H](CCCCNC(=O)OCc1ccccc1)C(=O)OC(C)(C)C.CC(C)(C)OC(=O)CBr.CC(C)(C)OC(=O)CN[C@H](CCCCNC(=O)OCc1ccccc1)C(=O)OC(C)(C)C. The van der Waals surface area contributed by atoms with Crippen molar-refractivity contribution in [1.82, 2.24) is 16.0 Å². The van der Waals surface area contributed by atoms with Crippen LogP contribution in [0.5, 0.6) is 0 Å². The molecule has 0 unspecified atom stereocenters. The molecule has 16 nitrogen and oxygen atoms in total. The second-order valence-corrected chi connectivity index (χ2v) is 19.5. The molecule has 370 valence electrons. The molecule has 0 spiro atoms. The standard InChI is InChI=1S/C24H38N2O6.C19H26N2O4.C6H11BrO2/c1-23(2,3)31-20(27)16-26-19(21(28)32-24(4,5)6)14-10-11-15-25-22(29)30-17-18-12-8-7-9-13-18;1-19(2,3)25-17(22)16(20-4)12-8-9-13-21-18(23)24-14-15-10-6-5-7-11-15;1-6(2,3)9-5(8)4-7/h7-9,12-13,19,26H,10-11,14-17H2,1-6H3,(H,25,29);4-7,10-11,16H,8-9,12-14H2,1-3H3;4H2,1-3H3/p+1/t19-;16-;/m11./s1. The van der Waals surface area contributed by atoms with Crippen molar-refractivity contribution in [1.29, 1.82) is 0 Å². The van der Waals surface area contributed by atoms with Gasteiger partial charge in [-0.15, -0.1) is 0 Å². The quantitative estimate of drug-likeness (QED) is 0.0492. The number of hydrogen-bond donors (Lipinski definition) is 3. The number of amides is 2. The van der Waals surface area contributed by atoms with E-state index in [0.29, 0.717) is 51.6 Å². The topological polar surface area (TPSA) is 198 Å². The molecule has 0 saturated carbocycles. The predicted octanol–water partition coefficient (Wildman–Crippen LogP) is 9.20. The molecule has 17 heteroatoms. The number of nitrogens with one attached hydrogen (secondary N) is 3. The zero-order valence-electron chi connectivity index (χ0n) is 41.2. The van der Waals surface area contributed by atoms with E-state index < -0.39 is 59.0 Å². The monoisotopic (exact) mass is 991 g/mol. The first-order valence-electron chi connectivity index (χ1n) is 22.1. The molecule has 2 rings (SSSR count). The largest absolute Gasteiger partial charge is 0.459 e. The summed E-state index contributed by atoms with van der Waals surface area (Å²) in [6, 6.07) is 17.6. The van der Waals surface area contributed by atoms with E-state index in [9.17, 15) is 28.8 Å². The van der Waals surface area contributed by atoms with Crippen molar-refractivity contribution in [2.45, 2.75) is 169 Å². The Labute approximate surface area is 401 Å². The van der Waals surface area contributed by atoms with Crippen LogP contribution in [0.1, 0.15) is 133 Å². The lowest BCUT2D eigenvalue weighted by molar-refractivity contribution is -0.159. The van der Waals surface area contributed by atoms with Crippen LogP contribution >= 0.6 is 15.9 Å². The average Bonchev–Trinajstić information content (AvgIpc) is 3.20. The van der Waals surface area contributed by atoms with Gasteiger partial charge in [-0.2, -0.15) is 0 Å². The van der Waals surface area contributed by atoms with E-state index in [1.165, 1.54) is 0 Å². The Morgan fingerprint density at radius 3 is 1.33 bits per heavy atom. The minimum atomic E-state index is -0.677. The summed E-state index contributed by atoms with van der Waals surface area (Å²) in [5, 5.41) is 8.58. The minimum Gasteiger partial charge on any atom is -0.459 e. The van der Waals surface area contributed by atoms with Crippen LogP contribution in [0.4, 0.5) is 9.59 Å². The third-order valence-electron chi connectivity index (χ3n) is 7.78. The summed E-state index contributed by atoms with van der Waals surface area (Å²) in [5.74, 6) is -1.50. The number of ether oxygens (including phenoxy) is 6. The maximum Gasteiger partial charge on any atom is 0.407 e. The van der Waals surface area contributed by atoms with E-state index in [4.69, 9.17) is 35.0 Å². The Balaban J connectivity index is 0.00000110. The van der Waals surface area contributed by atoms with Gasteiger partial charge < -0.3 is 39.1 Å². The number of esters is 4. The Morgan fingerprint density at radius 1 is 0.561 bits per heavy atom. The molecule has 0 aliphatic carbocycles. The zero-order valence-corrected chi connectivity index (χ0v) is 42.8. The first-order chi connectivity index (χ1) is 30.6. The highest BCUT2D eigenvalue weighted by molar-refractivity contribution is 9.09. The smallest absolute Gasteiger partial charge is 0.407 e. The number of rotatable bonds is 20. The van der Waals surface area contributed by atoms with Gasteiger partial charge in [-0.3, -0.25) is 19.7 Å². The van der Waals surface area contributed by atoms with Gasteiger partial charge >= 0.3 is 42.1 Å². The molecule has 0 radical (unpaired) electrons. The summed E-state index contributed by atoms with van der Waals surface area (Å²) in [5.41, 5.74) is -0.301. The molecule has 0 aliphatic heterocycles. The van der Waals surface area contributed by atoms with Crippen molar-refractivity contribution in [3.05, 3.63) is 76.6 Å². The van der Waals surface area contributed by atoms with Crippen LogP contribution in [-0.4, -0.2) is 95.5 Å². The fourth-order valence-electron chi connectivity index (χ4n) is 5.12. The minimum absolute atomic E-state index is 0.0920. The summed E-state index contributed by atoms with van der Waals surface area (Å²) in [6.45, 7) is 28.2. The van der Waals surface area contributed by atoms with Gasteiger partial charge in [0, 0.05) is 19.5 Å². The summed E-state index contributed by atoms with van der Waals surface area (Å²) in [6.07, 6.45) is 2.65. The van der Waals surface area contributed by atoms with Crippen LogP contribution in [0.3, 0.4) is 0 Å². The van der Waals surface area contributed by atoms with Gasteiger partial charge in [0.25, 0.3) is 6.57 Å². The summed E-state index contributed by atoms with van der Waals surface area (Å²) in [4.78, 5) is 73.9. The van der Waals surface area contributed by atoms with Gasteiger partial charge in [0.05, 0.1) is 6.54 Å². The molecule has 2 aromatic rings. The Morgan fingerprint density at radius 2 is 0.955 bits per heavy atom. The van der Waals surface area contributed by atoms with Gasteiger partial charge in [0.1, 0.15) is 47.0 Å². The number of benzene rings is 2. The van der Waals surface area contributed by atoms with Crippen LogP contribution in [0, 0.1) is 6.57 Å². The number of nitrogens with zero attached hydrogens (tertiary/aromatic N) is 1. The molecular weight excluding hydrogens is 916 g/mol. The molecule has 0 bridgehead atoms. The highest BCUT2D eigenvalue weighted by atomic mass is 79.9. The molecule has 2 amide bonds. The van der Waals surface area contributed by atoms with Gasteiger partial charge in [-0.05, 0) is 126 Å². The van der Waals surface area contributed by atoms with E-state index in [1.807, 2.05) is 81.4 Å². The number of hydrogen-bond acceptors (Lipinski definition) is 13. The second kappa shape index (κ2) is 31.7. The molecular formula is C49H76BrN4O12+. The Bertz CT molecular complexity index is 1780. The zero-order chi connectivity index (χ0) is 50.4. The normalized spacial score (nSPS) is 12.1. The van der Waals surface area contributed by atoms with E-state index >= 15 is 0 Å². The molecule has 2 atom stereocenters. The molecule has 0 aromatic heterocycles. The molecule has 3 N–H and O–H groups in total. The van der Waals surface area contributed by atoms with Crippen LogP contribution in [0.25, 0.3) is 4.85 Å². The van der Waals surface area contributed by atoms with E-state index in [1.54, 1.807) is 62.3 Å². The van der Waals surface area contributed by atoms with Crippen LogP contribution in [0.15, 0.2) is 60.7 Å². The Hall–Kier alpha value is -5.21.